The van der Waals surface area contributed by atoms with E-state index in [4.69, 9.17) is 9.84 Å². The molecule has 0 spiro atoms. The summed E-state index contributed by atoms with van der Waals surface area (Å²) in [5.41, 5.74) is 0. The molecule has 17 heavy (non-hydrogen) atoms. The van der Waals surface area contributed by atoms with Gasteiger partial charge in [-0.05, 0) is 26.2 Å². The van der Waals surface area contributed by atoms with Crippen LogP contribution in [0.25, 0.3) is 0 Å². The van der Waals surface area contributed by atoms with Crippen LogP contribution in [0.4, 0.5) is 4.79 Å². The molecule has 0 saturated carbocycles. The maximum atomic E-state index is 11.6. The lowest BCUT2D eigenvalue weighted by molar-refractivity contribution is -0.141. The molecule has 1 rings (SSSR count). The van der Waals surface area contributed by atoms with Gasteiger partial charge in [-0.2, -0.15) is 0 Å². The summed E-state index contributed by atoms with van der Waals surface area (Å²) in [4.78, 5) is 23.4. The zero-order chi connectivity index (χ0) is 12.8. The number of nitrogens with one attached hydrogen (secondary N) is 1. The van der Waals surface area contributed by atoms with Crippen LogP contribution in [0, 0.1) is 0 Å². The Morgan fingerprint density at radius 1 is 1.59 bits per heavy atom. The van der Waals surface area contributed by atoms with Gasteiger partial charge >= 0.3 is 12.0 Å². The Hall–Kier alpha value is -1.30. The van der Waals surface area contributed by atoms with E-state index in [-0.39, 0.29) is 12.1 Å². The number of carbonyl (C=O) groups excluding carboxylic acids is 1. The number of rotatable bonds is 5. The third-order valence-corrected chi connectivity index (χ3v) is 3.03. The van der Waals surface area contributed by atoms with Gasteiger partial charge in [0.2, 0.25) is 0 Å². The fourth-order valence-corrected chi connectivity index (χ4v) is 1.68. The average molecular weight is 244 g/mol. The number of likely N-dealkylation sites (N-methyl/N-ethyl adjacent to an activating group) is 1. The minimum atomic E-state index is -1.01. The quantitative estimate of drug-likeness (QED) is 0.745. The zero-order valence-electron chi connectivity index (χ0n) is 10.3. The second-order valence-corrected chi connectivity index (χ2v) is 4.28. The predicted molar refractivity (Wildman–Crippen MR) is 61.9 cm³/mol. The van der Waals surface area contributed by atoms with Gasteiger partial charge in [-0.25, -0.2) is 9.59 Å². The number of carboxylic acids is 1. The van der Waals surface area contributed by atoms with Crippen LogP contribution in [-0.2, 0) is 9.53 Å². The number of carboxylic acid groups (broad SMARTS) is 1. The van der Waals surface area contributed by atoms with Crippen molar-refractivity contribution in [2.45, 2.75) is 38.3 Å². The van der Waals surface area contributed by atoms with E-state index in [0.29, 0.717) is 6.54 Å². The SMILES string of the molecule is CC(C(=O)O)N(C)C(=O)NCCC1CCCO1. The molecule has 6 heteroatoms. The van der Waals surface area contributed by atoms with E-state index >= 15 is 0 Å². The Kier molecular flexibility index (Phi) is 5.21. The van der Waals surface area contributed by atoms with Gasteiger partial charge in [0.15, 0.2) is 0 Å². The predicted octanol–water partition coefficient (Wildman–Crippen LogP) is 0.670. The van der Waals surface area contributed by atoms with Crippen LogP contribution in [0.15, 0.2) is 0 Å². The Bertz CT molecular complexity index is 277. The van der Waals surface area contributed by atoms with E-state index in [1.54, 1.807) is 0 Å². The minimum Gasteiger partial charge on any atom is -0.480 e. The molecule has 0 aromatic heterocycles. The van der Waals surface area contributed by atoms with E-state index in [9.17, 15) is 9.59 Å². The molecule has 0 aromatic rings. The number of hydrogen-bond acceptors (Lipinski definition) is 3. The van der Waals surface area contributed by atoms with Crippen molar-refractivity contribution in [3.8, 4) is 0 Å². The molecule has 2 unspecified atom stereocenters. The maximum absolute atomic E-state index is 11.6. The fraction of sp³-hybridized carbons (Fsp3) is 0.818. The summed E-state index contributed by atoms with van der Waals surface area (Å²) in [5.74, 6) is -1.01. The first-order chi connectivity index (χ1) is 8.02. The van der Waals surface area contributed by atoms with Crippen molar-refractivity contribution in [2.24, 2.45) is 0 Å². The summed E-state index contributed by atoms with van der Waals surface area (Å²) in [7, 11) is 1.47. The smallest absolute Gasteiger partial charge is 0.326 e. The first kappa shape index (κ1) is 13.8. The number of ether oxygens (including phenoxy) is 1. The summed E-state index contributed by atoms with van der Waals surface area (Å²) in [6.07, 6.45) is 3.13. The fourth-order valence-electron chi connectivity index (χ4n) is 1.68. The molecule has 6 nitrogen and oxygen atoms in total. The van der Waals surface area contributed by atoms with Crippen LogP contribution in [0.2, 0.25) is 0 Å². The Morgan fingerprint density at radius 3 is 2.82 bits per heavy atom. The van der Waals surface area contributed by atoms with Crippen molar-refractivity contribution in [2.75, 3.05) is 20.2 Å². The lowest BCUT2D eigenvalue weighted by atomic mass is 10.2. The van der Waals surface area contributed by atoms with Crippen LogP contribution >= 0.6 is 0 Å². The highest BCUT2D eigenvalue weighted by molar-refractivity contribution is 5.82. The highest BCUT2D eigenvalue weighted by Crippen LogP contribution is 2.14. The van der Waals surface area contributed by atoms with Gasteiger partial charge in [0.25, 0.3) is 0 Å². The van der Waals surface area contributed by atoms with Gasteiger partial charge in [-0.3, -0.25) is 0 Å². The van der Waals surface area contributed by atoms with Crippen molar-refractivity contribution in [1.82, 2.24) is 10.2 Å². The average Bonchev–Trinajstić information content (AvgIpc) is 2.79. The van der Waals surface area contributed by atoms with Crippen LogP contribution < -0.4 is 5.32 Å². The van der Waals surface area contributed by atoms with Crippen molar-refractivity contribution >= 4 is 12.0 Å². The van der Waals surface area contributed by atoms with Gasteiger partial charge in [0.1, 0.15) is 6.04 Å². The standard InChI is InChI=1S/C11H20N2O4/c1-8(10(14)15)13(2)11(16)12-6-5-9-4-3-7-17-9/h8-9H,3-7H2,1-2H3,(H,12,16)(H,14,15). The van der Waals surface area contributed by atoms with E-state index in [1.165, 1.54) is 18.9 Å². The number of amides is 2. The van der Waals surface area contributed by atoms with Gasteiger partial charge in [0.05, 0.1) is 6.10 Å². The molecule has 2 N–H and O–H groups in total. The van der Waals surface area contributed by atoms with Crippen molar-refractivity contribution < 1.29 is 19.4 Å². The number of urea groups is 1. The van der Waals surface area contributed by atoms with Gasteiger partial charge in [-0.1, -0.05) is 0 Å². The lowest BCUT2D eigenvalue weighted by Gasteiger charge is -2.22. The monoisotopic (exact) mass is 244 g/mol. The molecule has 98 valence electrons. The van der Waals surface area contributed by atoms with Crippen LogP contribution in [0.1, 0.15) is 26.2 Å². The van der Waals surface area contributed by atoms with E-state index < -0.39 is 12.0 Å². The number of aliphatic carboxylic acids is 1. The highest BCUT2D eigenvalue weighted by Gasteiger charge is 2.21. The summed E-state index contributed by atoms with van der Waals surface area (Å²) < 4.78 is 5.42. The third-order valence-electron chi connectivity index (χ3n) is 3.03. The molecule has 0 bridgehead atoms. The molecule has 1 heterocycles. The molecule has 1 saturated heterocycles. The minimum absolute atomic E-state index is 0.234. The highest BCUT2D eigenvalue weighted by atomic mass is 16.5. The van der Waals surface area contributed by atoms with Crippen molar-refractivity contribution in [3.63, 3.8) is 0 Å². The van der Waals surface area contributed by atoms with Gasteiger partial charge in [-0.15, -0.1) is 0 Å². The largest absolute Gasteiger partial charge is 0.480 e. The Morgan fingerprint density at radius 2 is 2.29 bits per heavy atom. The molecule has 1 aliphatic rings. The lowest BCUT2D eigenvalue weighted by Crippen LogP contribution is -2.46. The number of carbonyl (C=O) groups is 2. The summed E-state index contributed by atoms with van der Waals surface area (Å²) in [6.45, 7) is 2.79. The molecular weight excluding hydrogens is 224 g/mol. The summed E-state index contributed by atoms with van der Waals surface area (Å²) in [5, 5.41) is 11.4. The van der Waals surface area contributed by atoms with Crippen LogP contribution in [-0.4, -0.2) is 54.4 Å². The van der Waals surface area contributed by atoms with Gasteiger partial charge < -0.3 is 20.1 Å². The normalized spacial score (nSPS) is 20.9. The molecule has 2 amide bonds. The van der Waals surface area contributed by atoms with Gasteiger partial charge in [0, 0.05) is 20.2 Å². The molecule has 1 aliphatic heterocycles. The summed E-state index contributed by atoms with van der Waals surface area (Å²) >= 11 is 0. The van der Waals surface area contributed by atoms with Crippen molar-refractivity contribution in [1.29, 1.82) is 0 Å². The van der Waals surface area contributed by atoms with E-state index in [2.05, 4.69) is 5.32 Å². The Balaban J connectivity index is 2.21. The topological polar surface area (TPSA) is 78.9 Å². The number of hydrogen-bond donors (Lipinski definition) is 2. The second-order valence-electron chi connectivity index (χ2n) is 4.28. The molecule has 0 aromatic carbocycles. The molecule has 2 atom stereocenters. The molecule has 1 fully saturated rings. The molecule has 0 radical (unpaired) electrons. The first-order valence-electron chi connectivity index (χ1n) is 5.87. The van der Waals surface area contributed by atoms with Crippen molar-refractivity contribution in [3.05, 3.63) is 0 Å². The first-order valence-corrected chi connectivity index (χ1v) is 5.87. The van der Waals surface area contributed by atoms with Crippen LogP contribution in [0.3, 0.4) is 0 Å². The van der Waals surface area contributed by atoms with Crippen LogP contribution in [0.5, 0.6) is 0 Å². The second kappa shape index (κ2) is 6.44. The summed E-state index contributed by atoms with van der Waals surface area (Å²) in [6, 6.07) is -1.18. The van der Waals surface area contributed by atoms with E-state index in [0.717, 1.165) is 25.9 Å². The Labute approximate surface area is 101 Å². The molecule has 0 aliphatic carbocycles. The number of nitrogens with zero attached hydrogens (tertiary/aromatic N) is 1. The van der Waals surface area contributed by atoms with E-state index in [1.807, 2.05) is 0 Å². The third kappa shape index (κ3) is 4.22. The maximum Gasteiger partial charge on any atom is 0.326 e. The zero-order valence-corrected chi connectivity index (χ0v) is 10.3. The molecular formula is C11H20N2O4.